The highest BCUT2D eigenvalue weighted by molar-refractivity contribution is 5.18. The number of rotatable bonds is 5. The molecule has 1 aromatic carbocycles. The summed E-state index contributed by atoms with van der Waals surface area (Å²) in [5.74, 6) is -0.202. The van der Waals surface area contributed by atoms with Gasteiger partial charge in [-0.15, -0.1) is 0 Å². The van der Waals surface area contributed by atoms with Crippen LogP contribution in [0.1, 0.15) is 32.3 Å². The Morgan fingerprint density at radius 3 is 2.40 bits per heavy atom. The maximum absolute atomic E-state index is 13.0. The predicted molar refractivity (Wildman–Crippen MR) is 60.2 cm³/mol. The molecule has 1 nitrogen and oxygen atoms in total. The monoisotopic (exact) mass is 210 g/mol. The summed E-state index contributed by atoms with van der Waals surface area (Å²) in [7, 11) is 0. The van der Waals surface area contributed by atoms with Crippen molar-refractivity contribution in [2.24, 2.45) is 5.41 Å². The molecule has 0 atom stereocenters. The summed E-state index contributed by atoms with van der Waals surface area (Å²) < 4.78 is 13.0. The number of hydrogen-bond donors (Lipinski definition) is 1. The second-order valence-corrected chi connectivity index (χ2v) is 4.17. The smallest absolute Gasteiger partial charge is 0.123 e. The van der Waals surface area contributed by atoms with E-state index in [2.05, 4.69) is 13.8 Å². The summed E-state index contributed by atoms with van der Waals surface area (Å²) in [5.41, 5.74) is 0.876. The van der Waals surface area contributed by atoms with Gasteiger partial charge in [-0.3, -0.25) is 0 Å². The molecule has 0 unspecified atom stereocenters. The molecule has 0 heterocycles. The van der Waals surface area contributed by atoms with E-state index in [9.17, 15) is 9.50 Å². The van der Waals surface area contributed by atoms with E-state index in [1.165, 1.54) is 6.07 Å². The first-order valence-corrected chi connectivity index (χ1v) is 5.51. The minimum absolute atomic E-state index is 0.0895. The van der Waals surface area contributed by atoms with E-state index in [1.54, 1.807) is 12.1 Å². The third-order valence-corrected chi connectivity index (χ3v) is 3.30. The Hall–Kier alpha value is -0.890. The SMILES string of the molecule is CCC(CC)(CO)Cc1cccc(F)c1. The Kier molecular flexibility index (Phi) is 4.28. The molecule has 0 fully saturated rings. The van der Waals surface area contributed by atoms with Crippen molar-refractivity contribution < 1.29 is 9.50 Å². The van der Waals surface area contributed by atoms with Gasteiger partial charge in [0.2, 0.25) is 0 Å². The van der Waals surface area contributed by atoms with E-state index in [-0.39, 0.29) is 17.8 Å². The molecular weight excluding hydrogens is 191 g/mol. The van der Waals surface area contributed by atoms with Gasteiger partial charge in [-0.05, 0) is 42.4 Å². The van der Waals surface area contributed by atoms with E-state index in [4.69, 9.17) is 0 Å². The third-order valence-electron chi connectivity index (χ3n) is 3.30. The highest BCUT2D eigenvalue weighted by atomic mass is 19.1. The van der Waals surface area contributed by atoms with Crippen molar-refractivity contribution in [3.63, 3.8) is 0 Å². The van der Waals surface area contributed by atoms with Crippen LogP contribution in [0.15, 0.2) is 24.3 Å². The Balaban J connectivity index is 2.82. The van der Waals surface area contributed by atoms with Crippen molar-refractivity contribution in [1.29, 1.82) is 0 Å². The number of aliphatic hydroxyl groups excluding tert-OH is 1. The van der Waals surface area contributed by atoms with Crippen LogP contribution in [0.5, 0.6) is 0 Å². The van der Waals surface area contributed by atoms with E-state index >= 15 is 0 Å². The molecule has 0 saturated heterocycles. The molecule has 84 valence electrons. The second-order valence-electron chi connectivity index (χ2n) is 4.17. The Labute approximate surface area is 90.9 Å². The summed E-state index contributed by atoms with van der Waals surface area (Å²) in [4.78, 5) is 0. The lowest BCUT2D eigenvalue weighted by molar-refractivity contribution is 0.115. The molecular formula is C13H19FO. The van der Waals surface area contributed by atoms with Crippen molar-refractivity contribution in [2.75, 3.05) is 6.61 Å². The Morgan fingerprint density at radius 1 is 1.27 bits per heavy atom. The van der Waals surface area contributed by atoms with E-state index in [1.807, 2.05) is 6.07 Å². The predicted octanol–water partition coefficient (Wildman–Crippen LogP) is 3.17. The molecule has 1 rings (SSSR count). The van der Waals surface area contributed by atoms with Crippen LogP contribution in [0, 0.1) is 11.2 Å². The number of halogens is 1. The van der Waals surface area contributed by atoms with Gasteiger partial charge in [0.05, 0.1) is 0 Å². The zero-order chi connectivity index (χ0) is 11.3. The van der Waals surface area contributed by atoms with Gasteiger partial charge in [0.1, 0.15) is 5.82 Å². The van der Waals surface area contributed by atoms with Crippen LogP contribution in [0.25, 0.3) is 0 Å². The Morgan fingerprint density at radius 2 is 1.93 bits per heavy atom. The van der Waals surface area contributed by atoms with Gasteiger partial charge < -0.3 is 5.11 Å². The largest absolute Gasteiger partial charge is 0.396 e. The lowest BCUT2D eigenvalue weighted by Crippen LogP contribution is -2.26. The molecule has 0 aliphatic heterocycles. The van der Waals surface area contributed by atoms with Gasteiger partial charge in [0.25, 0.3) is 0 Å². The van der Waals surface area contributed by atoms with Gasteiger partial charge in [0.15, 0.2) is 0 Å². The first-order valence-electron chi connectivity index (χ1n) is 5.51. The fourth-order valence-electron chi connectivity index (χ4n) is 1.86. The van der Waals surface area contributed by atoms with E-state index in [0.29, 0.717) is 0 Å². The van der Waals surface area contributed by atoms with Crippen molar-refractivity contribution in [1.82, 2.24) is 0 Å². The molecule has 2 heteroatoms. The Bertz CT molecular complexity index is 297. The molecule has 0 amide bonds. The first-order chi connectivity index (χ1) is 7.15. The average Bonchev–Trinajstić information content (AvgIpc) is 2.26. The summed E-state index contributed by atoms with van der Waals surface area (Å²) in [5, 5.41) is 9.41. The molecule has 0 aliphatic carbocycles. The lowest BCUT2D eigenvalue weighted by Gasteiger charge is -2.29. The molecule has 15 heavy (non-hydrogen) atoms. The zero-order valence-electron chi connectivity index (χ0n) is 9.46. The quantitative estimate of drug-likeness (QED) is 0.791. The fourth-order valence-corrected chi connectivity index (χ4v) is 1.86. The standard InChI is InChI=1S/C13H19FO/c1-3-13(4-2,10-15)9-11-6-5-7-12(14)8-11/h5-8,15H,3-4,9-10H2,1-2H3. The molecule has 1 aromatic rings. The van der Waals surface area contributed by atoms with Crippen molar-refractivity contribution in [3.8, 4) is 0 Å². The van der Waals surface area contributed by atoms with Crippen LogP contribution in [0.2, 0.25) is 0 Å². The van der Waals surface area contributed by atoms with Crippen LogP contribution < -0.4 is 0 Å². The van der Waals surface area contributed by atoms with Gasteiger partial charge in [-0.2, -0.15) is 0 Å². The fraction of sp³-hybridized carbons (Fsp3) is 0.538. The number of hydrogen-bond acceptors (Lipinski definition) is 1. The molecule has 0 aromatic heterocycles. The van der Waals surface area contributed by atoms with Crippen LogP contribution in [-0.2, 0) is 6.42 Å². The topological polar surface area (TPSA) is 20.2 Å². The van der Waals surface area contributed by atoms with Crippen molar-refractivity contribution in [3.05, 3.63) is 35.6 Å². The molecule has 0 aliphatic rings. The van der Waals surface area contributed by atoms with Crippen LogP contribution in [-0.4, -0.2) is 11.7 Å². The van der Waals surface area contributed by atoms with Crippen LogP contribution in [0.3, 0.4) is 0 Å². The number of aliphatic hydroxyl groups is 1. The average molecular weight is 210 g/mol. The maximum atomic E-state index is 13.0. The number of benzene rings is 1. The molecule has 1 N–H and O–H groups in total. The summed E-state index contributed by atoms with van der Waals surface area (Å²) in [6.45, 7) is 4.30. The van der Waals surface area contributed by atoms with E-state index in [0.717, 1.165) is 24.8 Å². The van der Waals surface area contributed by atoms with Gasteiger partial charge in [-0.25, -0.2) is 4.39 Å². The highest BCUT2D eigenvalue weighted by Crippen LogP contribution is 2.30. The van der Waals surface area contributed by atoms with Crippen LogP contribution >= 0.6 is 0 Å². The molecule has 0 bridgehead atoms. The summed E-state index contributed by atoms with van der Waals surface area (Å²) in [6, 6.07) is 6.63. The summed E-state index contributed by atoms with van der Waals surface area (Å²) >= 11 is 0. The molecule has 0 radical (unpaired) electrons. The van der Waals surface area contributed by atoms with E-state index < -0.39 is 0 Å². The van der Waals surface area contributed by atoms with Gasteiger partial charge in [0, 0.05) is 6.61 Å². The summed E-state index contributed by atoms with van der Waals surface area (Å²) in [6.07, 6.45) is 2.57. The third kappa shape index (κ3) is 3.03. The van der Waals surface area contributed by atoms with Gasteiger partial charge in [-0.1, -0.05) is 26.0 Å². The molecule has 0 spiro atoms. The minimum Gasteiger partial charge on any atom is -0.396 e. The van der Waals surface area contributed by atoms with Crippen molar-refractivity contribution >= 4 is 0 Å². The highest BCUT2D eigenvalue weighted by Gasteiger charge is 2.25. The van der Waals surface area contributed by atoms with Crippen molar-refractivity contribution in [2.45, 2.75) is 33.1 Å². The zero-order valence-corrected chi connectivity index (χ0v) is 9.46. The minimum atomic E-state index is -0.202. The first kappa shape index (κ1) is 12.2. The normalized spacial score (nSPS) is 11.7. The molecule has 0 saturated carbocycles. The maximum Gasteiger partial charge on any atom is 0.123 e. The second kappa shape index (κ2) is 5.26. The van der Waals surface area contributed by atoms with Gasteiger partial charge >= 0.3 is 0 Å². The lowest BCUT2D eigenvalue weighted by atomic mass is 9.78. The van der Waals surface area contributed by atoms with Crippen LogP contribution in [0.4, 0.5) is 4.39 Å².